The number of rotatable bonds is 6. The third kappa shape index (κ3) is 8.08. The lowest BCUT2D eigenvalue weighted by Gasteiger charge is -2.18. The second-order valence-corrected chi connectivity index (χ2v) is 8.63. The third-order valence-electron chi connectivity index (χ3n) is 5.70. The van der Waals surface area contributed by atoms with Gasteiger partial charge in [0.15, 0.2) is 0 Å². The Kier molecular flexibility index (Phi) is 9.60. The molecule has 0 radical (unpaired) electrons. The highest BCUT2D eigenvalue weighted by Gasteiger charge is 2.38. The van der Waals surface area contributed by atoms with Gasteiger partial charge in [-0.05, 0) is 48.9 Å². The molecule has 0 bridgehead atoms. The number of alkyl halides is 6. The van der Waals surface area contributed by atoms with Crippen LogP contribution in [0.1, 0.15) is 28.8 Å². The van der Waals surface area contributed by atoms with Gasteiger partial charge < -0.3 is 26.0 Å². The molecular weight excluding hydrogens is 579 g/mol. The number of nitrogens with zero attached hydrogens (tertiary/aromatic N) is 2. The Morgan fingerprint density at radius 3 is 2.12 bits per heavy atom. The normalized spacial score (nSPS) is 13.2. The molecule has 0 aliphatic carbocycles. The van der Waals surface area contributed by atoms with Crippen molar-refractivity contribution in [3.8, 4) is 0 Å². The molecule has 1 aliphatic rings. The zero-order valence-corrected chi connectivity index (χ0v) is 21.5. The van der Waals surface area contributed by atoms with Crippen LogP contribution in [0, 0.1) is 5.82 Å². The van der Waals surface area contributed by atoms with Crippen molar-refractivity contribution in [3.05, 3.63) is 71.7 Å². The molecule has 0 spiro atoms. The Morgan fingerprint density at radius 1 is 0.952 bits per heavy atom. The molecule has 1 aliphatic heterocycles. The van der Waals surface area contributed by atoms with Gasteiger partial charge in [-0.2, -0.15) is 26.3 Å². The van der Waals surface area contributed by atoms with E-state index in [1.165, 1.54) is 13.1 Å². The topological polar surface area (TPSA) is 124 Å². The number of hydrogen-bond acceptors (Lipinski definition) is 6. The minimum atomic E-state index is -5.08. The summed E-state index contributed by atoms with van der Waals surface area (Å²) in [6.45, 7) is 0.641. The molecule has 1 fully saturated rings. The summed E-state index contributed by atoms with van der Waals surface area (Å²) in [4.78, 5) is 38.5. The molecule has 224 valence electrons. The summed E-state index contributed by atoms with van der Waals surface area (Å²) < 4.78 is 86.4. The van der Waals surface area contributed by atoms with E-state index in [-0.39, 0.29) is 28.7 Å². The number of carboxylic acids is 1. The molecule has 1 aromatic heterocycles. The fourth-order valence-electron chi connectivity index (χ4n) is 3.74. The molecule has 2 amide bonds. The summed E-state index contributed by atoms with van der Waals surface area (Å²) in [6, 6.07) is 11.2. The van der Waals surface area contributed by atoms with E-state index in [0.717, 1.165) is 30.3 Å². The maximum absolute atomic E-state index is 13.7. The lowest BCUT2D eigenvalue weighted by molar-refractivity contribution is -0.192. The van der Waals surface area contributed by atoms with E-state index in [1.807, 2.05) is 0 Å². The number of carboxylic acid groups (broad SMARTS) is 1. The SMILES string of the molecule is CNC(=O)c1cc(F)ccc1Nc1cc(Nc2ccc(N3CCCC3=O)cc2)ncc1C(F)(F)F.O=C(O)C(F)(F)F. The summed E-state index contributed by atoms with van der Waals surface area (Å²) in [7, 11) is 1.33. The van der Waals surface area contributed by atoms with Gasteiger partial charge >= 0.3 is 18.3 Å². The van der Waals surface area contributed by atoms with E-state index in [2.05, 4.69) is 20.9 Å². The van der Waals surface area contributed by atoms with Crippen molar-refractivity contribution in [2.75, 3.05) is 29.1 Å². The third-order valence-corrected chi connectivity index (χ3v) is 5.70. The van der Waals surface area contributed by atoms with Crippen LogP contribution in [-0.2, 0) is 15.8 Å². The molecule has 1 saturated heterocycles. The molecule has 4 N–H and O–H groups in total. The van der Waals surface area contributed by atoms with Crippen LogP contribution in [0.3, 0.4) is 0 Å². The van der Waals surface area contributed by atoms with Crippen LogP contribution in [0.5, 0.6) is 0 Å². The first kappa shape index (κ1) is 31.6. The van der Waals surface area contributed by atoms with Crippen LogP contribution in [0.25, 0.3) is 0 Å². The van der Waals surface area contributed by atoms with Crippen molar-refractivity contribution in [2.24, 2.45) is 0 Å². The summed E-state index contributed by atoms with van der Waals surface area (Å²) >= 11 is 0. The molecule has 3 aromatic rings. The van der Waals surface area contributed by atoms with Crippen molar-refractivity contribution in [3.63, 3.8) is 0 Å². The first-order valence-corrected chi connectivity index (χ1v) is 11.9. The van der Waals surface area contributed by atoms with E-state index in [4.69, 9.17) is 9.90 Å². The molecule has 0 saturated carbocycles. The number of anilines is 5. The standard InChI is InChI=1S/C24H21F4N5O2.C2HF3O2/c1-29-23(35)17-11-14(25)4-9-19(17)32-20-12-21(30-13-18(20)24(26,27)28)31-15-5-7-16(8-6-15)33-10-2-3-22(33)34;3-2(4,5)1(6)7/h4-9,11-13H,2-3,10H2,1H3,(H,29,35)(H2,30,31,32);(H,6,7). The average Bonchev–Trinajstić information content (AvgIpc) is 3.34. The smallest absolute Gasteiger partial charge is 0.475 e. The van der Waals surface area contributed by atoms with Crippen LogP contribution in [0.15, 0.2) is 54.7 Å². The van der Waals surface area contributed by atoms with Crippen LogP contribution in [-0.4, -0.2) is 47.6 Å². The molecule has 9 nitrogen and oxygen atoms in total. The monoisotopic (exact) mass is 601 g/mol. The highest BCUT2D eigenvalue weighted by Crippen LogP contribution is 2.38. The Balaban J connectivity index is 0.000000616. The van der Waals surface area contributed by atoms with Gasteiger partial charge in [-0.1, -0.05) is 0 Å². The van der Waals surface area contributed by atoms with Gasteiger partial charge in [0.2, 0.25) is 5.91 Å². The Hall–Kier alpha value is -4.89. The minimum absolute atomic E-state index is 0.00645. The molecule has 0 unspecified atom stereocenters. The predicted molar refractivity (Wildman–Crippen MR) is 137 cm³/mol. The minimum Gasteiger partial charge on any atom is -0.475 e. The number of aromatic nitrogens is 1. The largest absolute Gasteiger partial charge is 0.490 e. The Labute approximate surface area is 233 Å². The molecule has 42 heavy (non-hydrogen) atoms. The van der Waals surface area contributed by atoms with Crippen LogP contribution >= 0.6 is 0 Å². The lowest BCUT2D eigenvalue weighted by atomic mass is 10.1. The highest BCUT2D eigenvalue weighted by atomic mass is 19.4. The predicted octanol–water partition coefficient (Wildman–Crippen LogP) is 5.85. The van der Waals surface area contributed by atoms with Gasteiger partial charge in [-0.3, -0.25) is 9.59 Å². The number of nitrogens with one attached hydrogen (secondary N) is 3. The fraction of sp³-hybridized carbons (Fsp3) is 0.231. The fourth-order valence-corrected chi connectivity index (χ4v) is 3.74. The van der Waals surface area contributed by atoms with E-state index in [1.54, 1.807) is 29.2 Å². The number of aliphatic carboxylic acids is 1. The average molecular weight is 601 g/mol. The second kappa shape index (κ2) is 12.7. The summed E-state index contributed by atoms with van der Waals surface area (Å²) in [6.07, 6.45) is -7.85. The second-order valence-electron chi connectivity index (χ2n) is 8.63. The van der Waals surface area contributed by atoms with E-state index in [0.29, 0.717) is 24.8 Å². The van der Waals surface area contributed by atoms with E-state index in [9.17, 15) is 40.3 Å². The number of carbonyl (C=O) groups is 3. The first-order chi connectivity index (χ1) is 19.6. The molecule has 2 aromatic carbocycles. The zero-order valence-electron chi connectivity index (χ0n) is 21.5. The Morgan fingerprint density at radius 2 is 1.60 bits per heavy atom. The van der Waals surface area contributed by atoms with Gasteiger partial charge in [0.25, 0.3) is 5.91 Å². The van der Waals surface area contributed by atoms with E-state index < -0.39 is 35.6 Å². The van der Waals surface area contributed by atoms with Crippen LogP contribution in [0.2, 0.25) is 0 Å². The molecular formula is C26H22F7N5O4. The first-order valence-electron chi connectivity index (χ1n) is 11.9. The van der Waals surface area contributed by atoms with Crippen molar-refractivity contribution in [1.82, 2.24) is 10.3 Å². The molecule has 4 rings (SSSR count). The van der Waals surface area contributed by atoms with Crippen molar-refractivity contribution in [1.29, 1.82) is 0 Å². The number of halogens is 7. The van der Waals surface area contributed by atoms with Gasteiger partial charge in [0.1, 0.15) is 11.6 Å². The van der Waals surface area contributed by atoms with Crippen molar-refractivity contribution in [2.45, 2.75) is 25.2 Å². The van der Waals surface area contributed by atoms with Gasteiger partial charge in [0.05, 0.1) is 22.5 Å². The van der Waals surface area contributed by atoms with Gasteiger partial charge in [-0.15, -0.1) is 0 Å². The lowest BCUT2D eigenvalue weighted by Crippen LogP contribution is -2.23. The number of carbonyl (C=O) groups excluding carboxylic acids is 2. The van der Waals surface area contributed by atoms with Crippen molar-refractivity contribution < 1.29 is 50.2 Å². The number of pyridine rings is 1. The summed E-state index contributed by atoms with van der Waals surface area (Å²) in [5.74, 6) is -3.98. The molecule has 0 atom stereocenters. The van der Waals surface area contributed by atoms with Gasteiger partial charge in [0, 0.05) is 43.7 Å². The zero-order chi connectivity index (χ0) is 31.2. The van der Waals surface area contributed by atoms with Crippen LogP contribution < -0.4 is 20.9 Å². The van der Waals surface area contributed by atoms with Crippen molar-refractivity contribution >= 4 is 46.4 Å². The highest BCUT2D eigenvalue weighted by molar-refractivity contribution is 6.00. The maximum Gasteiger partial charge on any atom is 0.490 e. The quantitative estimate of drug-likeness (QED) is 0.262. The summed E-state index contributed by atoms with van der Waals surface area (Å²) in [5, 5.41) is 15.0. The number of benzene rings is 2. The maximum atomic E-state index is 13.7. The molecule has 2 heterocycles. The van der Waals surface area contributed by atoms with E-state index >= 15 is 0 Å². The number of hydrogen-bond donors (Lipinski definition) is 4. The summed E-state index contributed by atoms with van der Waals surface area (Å²) in [5.41, 5.74) is -0.304. The number of amides is 2. The Bertz CT molecular complexity index is 1460. The molecule has 16 heteroatoms. The van der Waals surface area contributed by atoms with Crippen LogP contribution in [0.4, 0.5) is 59.3 Å². The van der Waals surface area contributed by atoms with Gasteiger partial charge in [-0.25, -0.2) is 14.2 Å².